The van der Waals surface area contributed by atoms with Gasteiger partial charge < -0.3 is 4.74 Å². The third-order valence-electron chi connectivity index (χ3n) is 1.67. The minimum atomic E-state index is -0.540. The standard InChI is InChI=1S/C10H9BrN2O3/c1-16-10-9(13(14)15)6-8(7-12-10)4-2-3-5-11/h6-7H,3,5H2,1H3. The molecule has 16 heavy (non-hydrogen) atoms. The molecule has 0 bridgehead atoms. The van der Waals surface area contributed by atoms with Crippen molar-refractivity contribution in [2.24, 2.45) is 0 Å². The third kappa shape index (κ3) is 3.21. The molecule has 0 aliphatic heterocycles. The minimum absolute atomic E-state index is 0.00367. The van der Waals surface area contributed by atoms with Crippen molar-refractivity contribution in [2.45, 2.75) is 6.42 Å². The predicted molar refractivity (Wildman–Crippen MR) is 62.7 cm³/mol. The first kappa shape index (κ1) is 12.5. The molecule has 0 saturated carbocycles. The molecule has 0 atom stereocenters. The Balaban J connectivity index is 3.04. The molecular formula is C10H9BrN2O3. The highest BCUT2D eigenvalue weighted by molar-refractivity contribution is 9.09. The van der Waals surface area contributed by atoms with E-state index < -0.39 is 4.92 Å². The maximum atomic E-state index is 10.7. The molecule has 84 valence electrons. The number of rotatable bonds is 3. The Morgan fingerprint density at radius 3 is 3.00 bits per heavy atom. The number of ether oxygens (including phenoxy) is 1. The van der Waals surface area contributed by atoms with Crippen molar-refractivity contribution in [1.29, 1.82) is 0 Å². The first-order chi connectivity index (χ1) is 7.69. The Morgan fingerprint density at radius 2 is 2.44 bits per heavy atom. The molecule has 0 aliphatic rings. The van der Waals surface area contributed by atoms with E-state index in [2.05, 4.69) is 32.8 Å². The van der Waals surface area contributed by atoms with Gasteiger partial charge in [-0.05, 0) is 0 Å². The zero-order valence-electron chi connectivity index (χ0n) is 8.57. The molecular weight excluding hydrogens is 276 g/mol. The van der Waals surface area contributed by atoms with E-state index in [1.165, 1.54) is 19.4 Å². The fourth-order valence-corrected chi connectivity index (χ4v) is 1.21. The van der Waals surface area contributed by atoms with Crippen LogP contribution < -0.4 is 4.74 Å². The van der Waals surface area contributed by atoms with Crippen molar-refractivity contribution >= 4 is 21.6 Å². The van der Waals surface area contributed by atoms with Crippen molar-refractivity contribution in [1.82, 2.24) is 4.98 Å². The molecule has 0 unspecified atom stereocenters. The van der Waals surface area contributed by atoms with Crippen molar-refractivity contribution in [3.05, 3.63) is 27.9 Å². The second kappa shape index (κ2) is 6.08. The van der Waals surface area contributed by atoms with E-state index in [-0.39, 0.29) is 11.6 Å². The smallest absolute Gasteiger partial charge is 0.332 e. The highest BCUT2D eigenvalue weighted by Gasteiger charge is 2.16. The lowest BCUT2D eigenvalue weighted by atomic mass is 10.2. The number of aromatic nitrogens is 1. The fourth-order valence-electron chi connectivity index (χ4n) is 1.01. The lowest BCUT2D eigenvalue weighted by Gasteiger charge is -1.99. The summed E-state index contributed by atoms with van der Waals surface area (Å²) in [5.74, 6) is 5.64. The zero-order valence-corrected chi connectivity index (χ0v) is 10.2. The van der Waals surface area contributed by atoms with Crippen molar-refractivity contribution in [3.63, 3.8) is 0 Å². The molecule has 0 amide bonds. The molecule has 0 spiro atoms. The SMILES string of the molecule is COc1ncc(C#CCCBr)cc1[N+](=O)[O-]. The molecule has 0 aromatic carbocycles. The second-order valence-electron chi connectivity index (χ2n) is 2.75. The van der Waals surface area contributed by atoms with Crippen LogP contribution in [0.15, 0.2) is 12.3 Å². The molecule has 6 heteroatoms. The van der Waals surface area contributed by atoms with Gasteiger partial charge in [-0.25, -0.2) is 4.98 Å². The molecule has 0 fully saturated rings. The normalized spacial score (nSPS) is 9.12. The Morgan fingerprint density at radius 1 is 1.69 bits per heavy atom. The summed E-state index contributed by atoms with van der Waals surface area (Å²) in [6.07, 6.45) is 2.13. The largest absolute Gasteiger partial charge is 0.476 e. The number of hydrogen-bond acceptors (Lipinski definition) is 4. The molecule has 0 saturated heterocycles. The van der Waals surface area contributed by atoms with Crippen molar-refractivity contribution in [3.8, 4) is 17.7 Å². The zero-order chi connectivity index (χ0) is 12.0. The van der Waals surface area contributed by atoms with Crippen molar-refractivity contribution in [2.75, 3.05) is 12.4 Å². The quantitative estimate of drug-likeness (QED) is 0.369. The Bertz CT molecular complexity index is 451. The summed E-state index contributed by atoms with van der Waals surface area (Å²) in [7, 11) is 1.34. The summed E-state index contributed by atoms with van der Waals surface area (Å²) in [5, 5.41) is 11.5. The van der Waals surface area contributed by atoms with Crippen LogP contribution >= 0.6 is 15.9 Å². The monoisotopic (exact) mass is 284 g/mol. The van der Waals surface area contributed by atoms with Crippen LogP contribution in [0.1, 0.15) is 12.0 Å². The lowest BCUT2D eigenvalue weighted by Crippen LogP contribution is -1.96. The van der Waals surface area contributed by atoms with Crippen LogP contribution in [0.25, 0.3) is 0 Å². The number of alkyl halides is 1. The van der Waals surface area contributed by atoms with Gasteiger partial charge in [0, 0.05) is 29.6 Å². The summed E-state index contributed by atoms with van der Waals surface area (Å²) in [4.78, 5) is 14.0. The van der Waals surface area contributed by atoms with Crippen LogP contribution in [0.2, 0.25) is 0 Å². The number of hydrogen-bond donors (Lipinski definition) is 0. The van der Waals surface area contributed by atoms with Gasteiger partial charge in [0.1, 0.15) is 0 Å². The van der Waals surface area contributed by atoms with E-state index in [1.807, 2.05) is 0 Å². The Kier molecular flexibility index (Phi) is 4.73. The third-order valence-corrected chi connectivity index (χ3v) is 2.07. The summed E-state index contributed by atoms with van der Waals surface area (Å²) in [6, 6.07) is 1.35. The van der Waals surface area contributed by atoms with Crippen molar-refractivity contribution < 1.29 is 9.66 Å². The van der Waals surface area contributed by atoms with Gasteiger partial charge in [0.15, 0.2) is 0 Å². The van der Waals surface area contributed by atoms with Gasteiger partial charge in [-0.2, -0.15) is 0 Å². The molecule has 1 aromatic heterocycles. The van der Waals surface area contributed by atoms with E-state index in [4.69, 9.17) is 4.74 Å². The average molecular weight is 285 g/mol. The van der Waals surface area contributed by atoms with Gasteiger partial charge >= 0.3 is 5.69 Å². The number of nitro groups is 1. The van der Waals surface area contributed by atoms with E-state index in [0.717, 1.165) is 5.33 Å². The summed E-state index contributed by atoms with van der Waals surface area (Å²) >= 11 is 3.24. The maximum Gasteiger partial charge on any atom is 0.332 e. The highest BCUT2D eigenvalue weighted by Crippen LogP contribution is 2.23. The Hall–Kier alpha value is -1.61. The van der Waals surface area contributed by atoms with Gasteiger partial charge in [-0.15, -0.1) is 0 Å². The van der Waals surface area contributed by atoms with E-state index in [1.54, 1.807) is 0 Å². The number of nitrogens with zero attached hydrogens (tertiary/aromatic N) is 2. The van der Waals surface area contributed by atoms with E-state index in [0.29, 0.717) is 12.0 Å². The summed E-state index contributed by atoms with van der Waals surface area (Å²) < 4.78 is 4.78. The summed E-state index contributed by atoms with van der Waals surface area (Å²) in [5.41, 5.74) is 0.335. The van der Waals surface area contributed by atoms with Crippen LogP contribution in [0, 0.1) is 22.0 Å². The first-order valence-corrected chi connectivity index (χ1v) is 5.54. The average Bonchev–Trinajstić information content (AvgIpc) is 2.29. The molecule has 0 aliphatic carbocycles. The fraction of sp³-hybridized carbons (Fsp3) is 0.300. The van der Waals surface area contributed by atoms with Crippen LogP contribution in [0.5, 0.6) is 5.88 Å². The molecule has 1 heterocycles. The highest BCUT2D eigenvalue weighted by atomic mass is 79.9. The van der Waals surface area contributed by atoms with E-state index in [9.17, 15) is 10.1 Å². The topological polar surface area (TPSA) is 65.3 Å². The number of methoxy groups -OCH3 is 1. The number of pyridine rings is 1. The van der Waals surface area contributed by atoms with E-state index >= 15 is 0 Å². The lowest BCUT2D eigenvalue weighted by molar-refractivity contribution is -0.386. The van der Waals surface area contributed by atoms with Crippen LogP contribution in [0.4, 0.5) is 5.69 Å². The molecule has 0 radical (unpaired) electrons. The van der Waals surface area contributed by atoms with Gasteiger partial charge in [-0.3, -0.25) is 10.1 Å². The first-order valence-electron chi connectivity index (χ1n) is 4.42. The van der Waals surface area contributed by atoms with Crippen LogP contribution in [-0.4, -0.2) is 22.3 Å². The molecule has 5 nitrogen and oxygen atoms in total. The maximum absolute atomic E-state index is 10.7. The molecule has 1 aromatic rings. The minimum Gasteiger partial charge on any atom is -0.476 e. The van der Waals surface area contributed by atoms with Gasteiger partial charge in [0.05, 0.1) is 12.0 Å². The Labute approximate surface area is 101 Å². The number of halogens is 1. The molecule has 0 N–H and O–H groups in total. The van der Waals surface area contributed by atoms with Gasteiger partial charge in [0.25, 0.3) is 5.88 Å². The van der Waals surface area contributed by atoms with Crippen LogP contribution in [-0.2, 0) is 0 Å². The van der Waals surface area contributed by atoms with Gasteiger partial charge in [-0.1, -0.05) is 27.8 Å². The predicted octanol–water partition coefficient (Wildman–Crippen LogP) is 2.13. The van der Waals surface area contributed by atoms with Crippen LogP contribution in [0.3, 0.4) is 0 Å². The summed E-state index contributed by atoms with van der Waals surface area (Å²) in [6.45, 7) is 0. The molecule has 1 rings (SSSR count). The van der Waals surface area contributed by atoms with Gasteiger partial charge in [0.2, 0.25) is 0 Å². The second-order valence-corrected chi connectivity index (χ2v) is 3.54.